The Balaban J connectivity index is 1.96. The molecule has 0 aromatic rings. The van der Waals surface area contributed by atoms with Gasteiger partial charge in [0.1, 0.15) is 0 Å². The Hall–Kier alpha value is -1.10. The standard InChI is InChI=1S/C12H20N2O3/c1-8(2)14-6-9(5-11(14)16)12(17)13-4-3-10(15)7-13/h8-10,15H,3-7H2,1-2H3. The van der Waals surface area contributed by atoms with Crippen molar-refractivity contribution in [1.82, 2.24) is 9.80 Å². The molecule has 5 heteroatoms. The van der Waals surface area contributed by atoms with Crippen LogP contribution in [-0.4, -0.2) is 58.5 Å². The molecule has 96 valence electrons. The average Bonchev–Trinajstić information content (AvgIpc) is 2.83. The fourth-order valence-corrected chi connectivity index (χ4v) is 2.60. The number of carbonyl (C=O) groups is 2. The van der Waals surface area contributed by atoms with Crippen LogP contribution in [0.1, 0.15) is 26.7 Å². The molecule has 2 atom stereocenters. The summed E-state index contributed by atoms with van der Waals surface area (Å²) in [7, 11) is 0. The summed E-state index contributed by atoms with van der Waals surface area (Å²) in [6, 6.07) is 0.157. The Morgan fingerprint density at radius 3 is 2.59 bits per heavy atom. The van der Waals surface area contributed by atoms with E-state index in [1.54, 1.807) is 9.80 Å². The molecule has 5 nitrogen and oxygen atoms in total. The first kappa shape index (κ1) is 12.4. The van der Waals surface area contributed by atoms with Crippen LogP contribution in [0.25, 0.3) is 0 Å². The zero-order chi connectivity index (χ0) is 12.6. The van der Waals surface area contributed by atoms with Gasteiger partial charge in [0.05, 0.1) is 12.0 Å². The second-order valence-electron chi connectivity index (χ2n) is 5.27. The summed E-state index contributed by atoms with van der Waals surface area (Å²) in [6.45, 7) is 5.49. The van der Waals surface area contributed by atoms with Crippen molar-refractivity contribution in [3.05, 3.63) is 0 Å². The molecule has 0 bridgehead atoms. The van der Waals surface area contributed by atoms with E-state index in [4.69, 9.17) is 0 Å². The predicted molar refractivity (Wildman–Crippen MR) is 62.2 cm³/mol. The average molecular weight is 240 g/mol. The van der Waals surface area contributed by atoms with Crippen LogP contribution in [0.4, 0.5) is 0 Å². The summed E-state index contributed by atoms with van der Waals surface area (Å²) in [5.41, 5.74) is 0. The number of amides is 2. The van der Waals surface area contributed by atoms with Gasteiger partial charge < -0.3 is 14.9 Å². The van der Waals surface area contributed by atoms with Gasteiger partial charge in [0.15, 0.2) is 0 Å². The van der Waals surface area contributed by atoms with Crippen molar-refractivity contribution in [2.24, 2.45) is 5.92 Å². The Morgan fingerprint density at radius 1 is 1.41 bits per heavy atom. The fourth-order valence-electron chi connectivity index (χ4n) is 2.60. The molecule has 2 saturated heterocycles. The van der Waals surface area contributed by atoms with Crippen molar-refractivity contribution < 1.29 is 14.7 Å². The number of likely N-dealkylation sites (tertiary alicyclic amines) is 2. The van der Waals surface area contributed by atoms with Gasteiger partial charge in [-0.25, -0.2) is 0 Å². The number of aliphatic hydroxyl groups is 1. The van der Waals surface area contributed by atoms with Gasteiger partial charge in [-0.15, -0.1) is 0 Å². The highest BCUT2D eigenvalue weighted by Crippen LogP contribution is 2.23. The summed E-state index contributed by atoms with van der Waals surface area (Å²) in [5.74, 6) is -0.119. The predicted octanol–water partition coefficient (Wildman–Crippen LogP) is -0.164. The zero-order valence-corrected chi connectivity index (χ0v) is 10.4. The molecule has 0 radical (unpaired) electrons. The molecule has 2 aliphatic rings. The summed E-state index contributed by atoms with van der Waals surface area (Å²) >= 11 is 0. The van der Waals surface area contributed by atoms with E-state index in [0.29, 0.717) is 32.5 Å². The quantitative estimate of drug-likeness (QED) is 0.729. The molecule has 2 rings (SSSR count). The lowest BCUT2D eigenvalue weighted by Crippen LogP contribution is -2.37. The van der Waals surface area contributed by atoms with Crippen LogP contribution >= 0.6 is 0 Å². The maximum absolute atomic E-state index is 12.1. The fraction of sp³-hybridized carbons (Fsp3) is 0.833. The molecule has 2 aliphatic heterocycles. The van der Waals surface area contributed by atoms with E-state index in [1.807, 2.05) is 13.8 Å². The Morgan fingerprint density at radius 2 is 2.12 bits per heavy atom. The minimum absolute atomic E-state index is 0.0260. The molecule has 2 heterocycles. The Bertz CT molecular complexity index is 330. The van der Waals surface area contributed by atoms with Crippen LogP contribution in [0.15, 0.2) is 0 Å². The number of aliphatic hydroxyl groups excluding tert-OH is 1. The maximum Gasteiger partial charge on any atom is 0.228 e. The topological polar surface area (TPSA) is 60.9 Å². The highest BCUT2D eigenvalue weighted by Gasteiger charge is 2.38. The number of rotatable bonds is 2. The van der Waals surface area contributed by atoms with Crippen LogP contribution < -0.4 is 0 Å². The van der Waals surface area contributed by atoms with Crippen LogP contribution in [0.5, 0.6) is 0 Å². The molecule has 0 saturated carbocycles. The van der Waals surface area contributed by atoms with Crippen molar-refractivity contribution in [2.45, 2.75) is 38.8 Å². The van der Waals surface area contributed by atoms with Gasteiger partial charge in [0.2, 0.25) is 11.8 Å². The number of β-amino-alcohol motifs (C(OH)–C–C–N with tert-alkyl or cyclic N) is 1. The molecular formula is C12H20N2O3. The number of hydrogen-bond acceptors (Lipinski definition) is 3. The van der Waals surface area contributed by atoms with Crippen LogP contribution in [0, 0.1) is 5.92 Å². The molecule has 2 unspecified atom stereocenters. The molecule has 1 N–H and O–H groups in total. The van der Waals surface area contributed by atoms with Crippen molar-refractivity contribution in [3.63, 3.8) is 0 Å². The normalized spacial score (nSPS) is 29.5. The van der Waals surface area contributed by atoms with Gasteiger partial charge in [-0.2, -0.15) is 0 Å². The largest absolute Gasteiger partial charge is 0.391 e. The SMILES string of the molecule is CC(C)N1CC(C(=O)N2CCC(O)C2)CC1=O. The van der Waals surface area contributed by atoms with E-state index < -0.39 is 6.10 Å². The summed E-state index contributed by atoms with van der Waals surface area (Å²) in [5, 5.41) is 9.41. The van der Waals surface area contributed by atoms with Crippen LogP contribution in [-0.2, 0) is 9.59 Å². The van der Waals surface area contributed by atoms with E-state index in [1.165, 1.54) is 0 Å². The minimum atomic E-state index is -0.391. The minimum Gasteiger partial charge on any atom is -0.391 e. The highest BCUT2D eigenvalue weighted by atomic mass is 16.3. The summed E-state index contributed by atoms with van der Waals surface area (Å²) < 4.78 is 0. The number of nitrogens with zero attached hydrogens (tertiary/aromatic N) is 2. The van der Waals surface area contributed by atoms with Gasteiger partial charge >= 0.3 is 0 Å². The van der Waals surface area contributed by atoms with Crippen molar-refractivity contribution in [2.75, 3.05) is 19.6 Å². The van der Waals surface area contributed by atoms with Gasteiger partial charge in [0.25, 0.3) is 0 Å². The summed E-state index contributed by atoms with van der Waals surface area (Å²) in [6.07, 6.45) is 0.585. The first-order valence-electron chi connectivity index (χ1n) is 6.25. The second-order valence-corrected chi connectivity index (χ2v) is 5.27. The second kappa shape index (κ2) is 4.64. The van der Waals surface area contributed by atoms with Crippen molar-refractivity contribution in [3.8, 4) is 0 Å². The van der Waals surface area contributed by atoms with E-state index in [2.05, 4.69) is 0 Å². The maximum atomic E-state index is 12.1. The lowest BCUT2D eigenvalue weighted by molar-refractivity contribution is -0.135. The molecule has 2 fully saturated rings. The molecule has 17 heavy (non-hydrogen) atoms. The number of carbonyl (C=O) groups excluding carboxylic acids is 2. The third-order valence-electron chi connectivity index (χ3n) is 3.61. The monoisotopic (exact) mass is 240 g/mol. The Labute approximate surface area is 101 Å². The van der Waals surface area contributed by atoms with Gasteiger partial charge in [0, 0.05) is 32.1 Å². The van der Waals surface area contributed by atoms with Crippen LogP contribution in [0.3, 0.4) is 0 Å². The first-order chi connectivity index (χ1) is 7.99. The molecular weight excluding hydrogens is 220 g/mol. The molecule has 2 amide bonds. The van der Waals surface area contributed by atoms with Gasteiger partial charge in [-0.3, -0.25) is 9.59 Å². The van der Waals surface area contributed by atoms with Gasteiger partial charge in [-0.05, 0) is 20.3 Å². The summed E-state index contributed by atoms with van der Waals surface area (Å²) in [4.78, 5) is 27.3. The van der Waals surface area contributed by atoms with E-state index in [9.17, 15) is 14.7 Å². The molecule has 0 aromatic heterocycles. The van der Waals surface area contributed by atoms with E-state index >= 15 is 0 Å². The third kappa shape index (κ3) is 2.44. The third-order valence-corrected chi connectivity index (χ3v) is 3.61. The van der Waals surface area contributed by atoms with E-state index in [0.717, 1.165) is 0 Å². The number of hydrogen-bond donors (Lipinski definition) is 1. The molecule has 0 spiro atoms. The highest BCUT2D eigenvalue weighted by molar-refractivity contribution is 5.89. The molecule has 0 aromatic carbocycles. The van der Waals surface area contributed by atoms with E-state index in [-0.39, 0.29) is 23.8 Å². The van der Waals surface area contributed by atoms with Crippen molar-refractivity contribution in [1.29, 1.82) is 0 Å². The molecule has 0 aliphatic carbocycles. The van der Waals surface area contributed by atoms with Gasteiger partial charge in [-0.1, -0.05) is 0 Å². The Kier molecular flexibility index (Phi) is 3.38. The first-order valence-corrected chi connectivity index (χ1v) is 6.25. The zero-order valence-electron chi connectivity index (χ0n) is 10.4. The smallest absolute Gasteiger partial charge is 0.228 e. The lowest BCUT2D eigenvalue weighted by Gasteiger charge is -2.22. The van der Waals surface area contributed by atoms with Crippen LogP contribution in [0.2, 0.25) is 0 Å². The lowest BCUT2D eigenvalue weighted by atomic mass is 10.1. The van der Waals surface area contributed by atoms with Crippen molar-refractivity contribution >= 4 is 11.8 Å².